The molecule has 0 amide bonds. The summed E-state index contributed by atoms with van der Waals surface area (Å²) in [4.78, 5) is 0. The summed E-state index contributed by atoms with van der Waals surface area (Å²) < 4.78 is 28.0. The Kier molecular flexibility index (Phi) is 6.79. The Bertz CT molecular complexity index is 518. The van der Waals surface area contributed by atoms with E-state index in [4.69, 9.17) is 0 Å². The lowest BCUT2D eigenvalue weighted by molar-refractivity contribution is 0.571. The minimum Gasteiger partial charge on any atom is -0.314 e. The SMILES string of the molecule is CC(C)NCCCS(=O)(=O)Nc1cc(Br)ccc1Br. The highest BCUT2D eigenvalue weighted by atomic mass is 79.9. The van der Waals surface area contributed by atoms with Gasteiger partial charge in [-0.25, -0.2) is 8.42 Å². The van der Waals surface area contributed by atoms with Crippen molar-refractivity contribution in [3.05, 3.63) is 27.1 Å². The minimum atomic E-state index is -3.31. The van der Waals surface area contributed by atoms with Crippen LogP contribution < -0.4 is 10.0 Å². The normalized spacial score (nSPS) is 11.8. The van der Waals surface area contributed by atoms with Crippen molar-refractivity contribution in [3.63, 3.8) is 0 Å². The molecule has 1 aromatic rings. The fraction of sp³-hybridized carbons (Fsp3) is 0.500. The third-order valence-electron chi connectivity index (χ3n) is 2.34. The average Bonchev–Trinajstić information content (AvgIpc) is 2.29. The maximum absolute atomic E-state index is 11.9. The molecule has 2 N–H and O–H groups in total. The lowest BCUT2D eigenvalue weighted by atomic mass is 10.3. The van der Waals surface area contributed by atoms with Crippen LogP contribution in [-0.2, 0) is 10.0 Å². The van der Waals surface area contributed by atoms with E-state index in [0.29, 0.717) is 24.7 Å². The van der Waals surface area contributed by atoms with E-state index in [1.165, 1.54) is 0 Å². The Morgan fingerprint density at radius 1 is 1.26 bits per heavy atom. The van der Waals surface area contributed by atoms with Gasteiger partial charge in [-0.2, -0.15) is 0 Å². The highest BCUT2D eigenvalue weighted by Crippen LogP contribution is 2.27. The van der Waals surface area contributed by atoms with Gasteiger partial charge in [0.1, 0.15) is 0 Å². The number of nitrogens with one attached hydrogen (secondary N) is 2. The minimum absolute atomic E-state index is 0.103. The summed E-state index contributed by atoms with van der Waals surface area (Å²) in [5, 5.41) is 3.19. The molecule has 0 unspecified atom stereocenters. The summed E-state index contributed by atoms with van der Waals surface area (Å²) in [5.41, 5.74) is 0.547. The van der Waals surface area contributed by atoms with Gasteiger partial charge < -0.3 is 5.32 Å². The van der Waals surface area contributed by atoms with Gasteiger partial charge in [0.05, 0.1) is 11.4 Å². The van der Waals surface area contributed by atoms with Crippen molar-refractivity contribution in [2.75, 3.05) is 17.0 Å². The number of anilines is 1. The van der Waals surface area contributed by atoms with E-state index in [-0.39, 0.29) is 5.75 Å². The van der Waals surface area contributed by atoms with Gasteiger partial charge in [-0.05, 0) is 47.1 Å². The zero-order valence-electron chi connectivity index (χ0n) is 10.9. The van der Waals surface area contributed by atoms with E-state index in [1.54, 1.807) is 12.1 Å². The van der Waals surface area contributed by atoms with E-state index in [0.717, 1.165) is 8.95 Å². The van der Waals surface area contributed by atoms with Gasteiger partial charge in [0, 0.05) is 15.0 Å². The summed E-state index contributed by atoms with van der Waals surface area (Å²) in [6.45, 7) is 4.76. The van der Waals surface area contributed by atoms with Gasteiger partial charge in [-0.1, -0.05) is 29.8 Å². The second kappa shape index (κ2) is 7.61. The Morgan fingerprint density at radius 3 is 2.58 bits per heavy atom. The van der Waals surface area contributed by atoms with Crippen LogP contribution in [0.25, 0.3) is 0 Å². The van der Waals surface area contributed by atoms with E-state index in [9.17, 15) is 8.42 Å². The molecule has 0 radical (unpaired) electrons. The smallest absolute Gasteiger partial charge is 0.232 e. The first-order valence-corrected chi connectivity index (χ1v) is 9.23. The van der Waals surface area contributed by atoms with Crippen LogP contribution in [0.1, 0.15) is 20.3 Å². The molecule has 1 aromatic carbocycles. The third-order valence-corrected chi connectivity index (χ3v) is 4.88. The molecule has 19 heavy (non-hydrogen) atoms. The number of hydrogen-bond donors (Lipinski definition) is 2. The van der Waals surface area contributed by atoms with Crippen LogP contribution in [0.2, 0.25) is 0 Å². The molecular weight excluding hydrogens is 396 g/mol. The summed E-state index contributed by atoms with van der Waals surface area (Å²) in [6, 6.07) is 5.74. The average molecular weight is 414 g/mol. The van der Waals surface area contributed by atoms with Gasteiger partial charge in [-0.15, -0.1) is 0 Å². The molecule has 1 rings (SSSR count). The molecule has 0 aliphatic carbocycles. The molecular formula is C12H18Br2N2O2S. The van der Waals surface area contributed by atoms with Crippen LogP contribution in [0.15, 0.2) is 27.1 Å². The standard InChI is InChI=1S/C12H18Br2N2O2S/c1-9(2)15-6-3-7-19(17,18)16-12-8-10(13)4-5-11(12)14/h4-5,8-9,15-16H,3,6-7H2,1-2H3. The maximum Gasteiger partial charge on any atom is 0.232 e. The van der Waals surface area contributed by atoms with Gasteiger partial charge >= 0.3 is 0 Å². The summed E-state index contributed by atoms with van der Waals surface area (Å²) in [5.74, 6) is 0.103. The van der Waals surface area contributed by atoms with Crippen molar-refractivity contribution in [1.29, 1.82) is 0 Å². The second-order valence-electron chi connectivity index (χ2n) is 4.51. The monoisotopic (exact) mass is 412 g/mol. The van der Waals surface area contributed by atoms with Crippen molar-refractivity contribution in [3.8, 4) is 0 Å². The Morgan fingerprint density at radius 2 is 1.95 bits per heavy atom. The van der Waals surface area contributed by atoms with E-state index < -0.39 is 10.0 Å². The van der Waals surface area contributed by atoms with Gasteiger partial charge in [0.25, 0.3) is 0 Å². The van der Waals surface area contributed by atoms with Crippen molar-refractivity contribution in [1.82, 2.24) is 5.32 Å². The Hall–Kier alpha value is -0.110. The molecule has 0 spiro atoms. The zero-order chi connectivity index (χ0) is 14.5. The third kappa shape index (κ3) is 6.74. The predicted octanol–water partition coefficient (Wildman–Crippen LogP) is 3.34. The largest absolute Gasteiger partial charge is 0.314 e. The highest BCUT2D eigenvalue weighted by molar-refractivity contribution is 9.11. The van der Waals surface area contributed by atoms with E-state index in [2.05, 4.69) is 41.9 Å². The molecule has 0 heterocycles. The fourth-order valence-corrected chi connectivity index (χ4v) is 3.42. The number of rotatable bonds is 7. The van der Waals surface area contributed by atoms with Crippen LogP contribution in [0.4, 0.5) is 5.69 Å². The highest BCUT2D eigenvalue weighted by Gasteiger charge is 2.12. The first-order chi connectivity index (χ1) is 8.80. The predicted molar refractivity (Wildman–Crippen MR) is 87.0 cm³/mol. The van der Waals surface area contributed by atoms with Crippen LogP contribution >= 0.6 is 31.9 Å². The summed E-state index contributed by atoms with van der Waals surface area (Å²) in [6.07, 6.45) is 0.582. The molecule has 108 valence electrons. The Balaban J connectivity index is 2.57. The quantitative estimate of drug-likeness (QED) is 0.674. The first kappa shape index (κ1) is 16.9. The molecule has 0 aromatic heterocycles. The molecule has 4 nitrogen and oxygen atoms in total. The topological polar surface area (TPSA) is 58.2 Å². The molecule has 0 saturated carbocycles. The molecule has 0 bridgehead atoms. The number of sulfonamides is 1. The maximum atomic E-state index is 11.9. The number of halogens is 2. The number of hydrogen-bond acceptors (Lipinski definition) is 3. The lowest BCUT2D eigenvalue weighted by Crippen LogP contribution is -2.26. The molecule has 7 heteroatoms. The van der Waals surface area contributed by atoms with Crippen LogP contribution in [0.3, 0.4) is 0 Å². The van der Waals surface area contributed by atoms with Crippen molar-refractivity contribution in [2.24, 2.45) is 0 Å². The summed E-state index contributed by atoms with van der Waals surface area (Å²) >= 11 is 6.64. The van der Waals surface area contributed by atoms with Crippen molar-refractivity contribution < 1.29 is 8.42 Å². The van der Waals surface area contributed by atoms with Crippen LogP contribution in [0.5, 0.6) is 0 Å². The summed E-state index contributed by atoms with van der Waals surface area (Å²) in [7, 11) is -3.31. The zero-order valence-corrected chi connectivity index (χ0v) is 14.9. The van der Waals surface area contributed by atoms with Crippen LogP contribution in [0, 0.1) is 0 Å². The fourth-order valence-electron chi connectivity index (χ4n) is 1.45. The van der Waals surface area contributed by atoms with Crippen molar-refractivity contribution in [2.45, 2.75) is 26.3 Å². The molecule has 0 aliphatic heterocycles. The van der Waals surface area contributed by atoms with Gasteiger partial charge in [0.2, 0.25) is 10.0 Å². The van der Waals surface area contributed by atoms with E-state index >= 15 is 0 Å². The second-order valence-corrected chi connectivity index (χ2v) is 8.12. The van der Waals surface area contributed by atoms with Gasteiger partial charge in [0.15, 0.2) is 0 Å². The van der Waals surface area contributed by atoms with Crippen LogP contribution in [-0.4, -0.2) is 26.8 Å². The molecule has 0 atom stereocenters. The first-order valence-electron chi connectivity index (χ1n) is 5.99. The lowest BCUT2D eigenvalue weighted by Gasteiger charge is -2.11. The number of benzene rings is 1. The van der Waals surface area contributed by atoms with Crippen molar-refractivity contribution >= 4 is 47.6 Å². The Labute approximate surface area is 131 Å². The molecule has 0 saturated heterocycles. The van der Waals surface area contributed by atoms with E-state index in [1.807, 2.05) is 19.9 Å². The molecule has 0 aliphatic rings. The van der Waals surface area contributed by atoms with Gasteiger partial charge in [-0.3, -0.25) is 4.72 Å². The molecule has 0 fully saturated rings.